The zero-order valence-electron chi connectivity index (χ0n) is 11.3. The second-order valence-electron chi connectivity index (χ2n) is 7.37. The van der Waals surface area contributed by atoms with E-state index in [0.29, 0.717) is 5.41 Å². The predicted molar refractivity (Wildman–Crippen MR) is 71.5 cm³/mol. The van der Waals surface area contributed by atoms with Gasteiger partial charge in [-0.3, -0.25) is 0 Å². The molecule has 0 spiro atoms. The lowest BCUT2D eigenvalue weighted by Gasteiger charge is -2.63. The highest BCUT2D eigenvalue weighted by Crippen LogP contribution is 2.64. The van der Waals surface area contributed by atoms with Gasteiger partial charge in [-0.2, -0.15) is 0 Å². The Kier molecular flexibility index (Phi) is 2.79. The Balaban J connectivity index is 1.87. The normalized spacial score (nSPS) is 49.6. The summed E-state index contributed by atoms with van der Waals surface area (Å²) < 4.78 is 0. The van der Waals surface area contributed by atoms with E-state index in [1.165, 1.54) is 51.4 Å². The zero-order chi connectivity index (χ0) is 12.1. The maximum Gasteiger partial charge on any atom is 0.0165 e. The van der Waals surface area contributed by atoms with E-state index < -0.39 is 0 Å². The van der Waals surface area contributed by atoms with Crippen molar-refractivity contribution < 1.29 is 0 Å². The van der Waals surface area contributed by atoms with Crippen LogP contribution in [0.5, 0.6) is 0 Å². The van der Waals surface area contributed by atoms with Crippen molar-refractivity contribution in [2.24, 2.45) is 34.6 Å². The van der Waals surface area contributed by atoms with Crippen molar-refractivity contribution in [3.05, 3.63) is 0 Å². The first-order valence-corrected chi connectivity index (χ1v) is 7.58. The summed E-state index contributed by atoms with van der Waals surface area (Å²) in [5, 5.41) is 0. The molecule has 0 aliphatic heterocycles. The minimum Gasteiger partial charge on any atom is -0.330 e. The van der Waals surface area contributed by atoms with Crippen molar-refractivity contribution in [3.63, 3.8) is 0 Å². The average molecular weight is 236 g/mol. The molecule has 4 aliphatic rings. The Morgan fingerprint density at radius 2 is 1.82 bits per heavy atom. The summed E-state index contributed by atoms with van der Waals surface area (Å²) in [7, 11) is 0. The van der Waals surface area contributed by atoms with Gasteiger partial charge in [0.2, 0.25) is 0 Å². The van der Waals surface area contributed by atoms with Crippen LogP contribution in [-0.2, 0) is 0 Å². The minimum absolute atomic E-state index is 0.200. The third-order valence-corrected chi connectivity index (χ3v) is 6.03. The van der Waals surface area contributed by atoms with E-state index in [9.17, 15) is 0 Å². The smallest absolute Gasteiger partial charge is 0.0165 e. The number of nitrogens with two attached hydrogens (primary N) is 2. The molecule has 2 heteroatoms. The first-order valence-electron chi connectivity index (χ1n) is 7.58. The standard InChI is InChI=1S/C15H28N2/c1-2-13(3-4-16)14-6-11-5-12(7-14)9-15(17,8-11)10-14/h11-13H,2-10,16-17H2,1H3. The Morgan fingerprint density at radius 3 is 2.29 bits per heavy atom. The van der Waals surface area contributed by atoms with Crippen molar-refractivity contribution in [1.29, 1.82) is 0 Å². The van der Waals surface area contributed by atoms with Crippen LogP contribution in [0.3, 0.4) is 0 Å². The molecule has 3 unspecified atom stereocenters. The van der Waals surface area contributed by atoms with E-state index in [1.54, 1.807) is 0 Å². The van der Waals surface area contributed by atoms with Crippen LogP contribution in [-0.4, -0.2) is 12.1 Å². The van der Waals surface area contributed by atoms with Crippen LogP contribution in [0.25, 0.3) is 0 Å². The second kappa shape index (κ2) is 3.96. The highest BCUT2D eigenvalue weighted by Gasteiger charge is 2.57. The van der Waals surface area contributed by atoms with Gasteiger partial charge in [-0.05, 0) is 74.7 Å². The van der Waals surface area contributed by atoms with Crippen LogP contribution in [0.15, 0.2) is 0 Å². The Bertz CT molecular complexity index is 285. The molecule has 0 saturated heterocycles. The van der Waals surface area contributed by atoms with E-state index in [4.69, 9.17) is 11.5 Å². The molecule has 2 nitrogen and oxygen atoms in total. The van der Waals surface area contributed by atoms with Gasteiger partial charge in [0.25, 0.3) is 0 Å². The summed E-state index contributed by atoms with van der Waals surface area (Å²) in [6.45, 7) is 3.20. The van der Waals surface area contributed by atoms with Crippen LogP contribution >= 0.6 is 0 Å². The molecule has 17 heavy (non-hydrogen) atoms. The highest BCUT2D eigenvalue weighted by molar-refractivity contribution is 5.11. The van der Waals surface area contributed by atoms with Gasteiger partial charge in [0.15, 0.2) is 0 Å². The Hall–Kier alpha value is -0.0800. The molecule has 0 amide bonds. The van der Waals surface area contributed by atoms with Crippen LogP contribution < -0.4 is 11.5 Å². The van der Waals surface area contributed by atoms with Gasteiger partial charge in [-0.1, -0.05) is 13.3 Å². The van der Waals surface area contributed by atoms with Crippen molar-refractivity contribution in [3.8, 4) is 0 Å². The lowest BCUT2D eigenvalue weighted by atomic mass is 9.44. The zero-order valence-corrected chi connectivity index (χ0v) is 11.3. The van der Waals surface area contributed by atoms with E-state index in [0.717, 1.165) is 24.3 Å². The average Bonchev–Trinajstić information content (AvgIpc) is 2.22. The third kappa shape index (κ3) is 1.84. The summed E-state index contributed by atoms with van der Waals surface area (Å²) in [4.78, 5) is 0. The maximum atomic E-state index is 6.66. The van der Waals surface area contributed by atoms with Gasteiger partial charge in [0, 0.05) is 5.54 Å². The van der Waals surface area contributed by atoms with E-state index >= 15 is 0 Å². The number of rotatable bonds is 4. The number of hydrogen-bond acceptors (Lipinski definition) is 2. The van der Waals surface area contributed by atoms with Gasteiger partial charge < -0.3 is 11.5 Å². The molecular weight excluding hydrogens is 208 g/mol. The van der Waals surface area contributed by atoms with E-state index in [2.05, 4.69) is 6.92 Å². The van der Waals surface area contributed by atoms with Crippen molar-refractivity contribution in [1.82, 2.24) is 0 Å². The van der Waals surface area contributed by atoms with Gasteiger partial charge in [0.1, 0.15) is 0 Å². The molecule has 4 saturated carbocycles. The highest BCUT2D eigenvalue weighted by atomic mass is 14.8. The monoisotopic (exact) mass is 236 g/mol. The molecule has 0 radical (unpaired) electrons. The molecule has 4 fully saturated rings. The molecule has 0 aromatic heterocycles. The Labute approximate surface area is 106 Å². The fraction of sp³-hybridized carbons (Fsp3) is 1.00. The van der Waals surface area contributed by atoms with Crippen molar-refractivity contribution in [2.75, 3.05) is 6.54 Å². The number of hydrogen-bond donors (Lipinski definition) is 2. The predicted octanol–water partition coefficient (Wildman–Crippen LogP) is 2.66. The van der Waals surface area contributed by atoms with Crippen LogP contribution in [0.1, 0.15) is 58.3 Å². The molecule has 98 valence electrons. The van der Waals surface area contributed by atoms with Gasteiger partial charge in [0.05, 0.1) is 0 Å². The molecule has 0 aromatic rings. The minimum atomic E-state index is 0.200. The fourth-order valence-electron chi connectivity index (χ4n) is 6.03. The second-order valence-corrected chi connectivity index (χ2v) is 7.37. The van der Waals surface area contributed by atoms with Crippen molar-refractivity contribution in [2.45, 2.75) is 63.8 Å². The largest absolute Gasteiger partial charge is 0.330 e. The summed E-state index contributed by atoms with van der Waals surface area (Å²) in [5.74, 6) is 2.71. The molecule has 0 aromatic carbocycles. The lowest BCUT2D eigenvalue weighted by molar-refractivity contribution is -0.101. The first kappa shape index (κ1) is 12.0. The quantitative estimate of drug-likeness (QED) is 0.788. The summed E-state index contributed by atoms with van der Waals surface area (Å²) >= 11 is 0. The summed E-state index contributed by atoms with van der Waals surface area (Å²) in [6.07, 6.45) is 10.8. The Morgan fingerprint density at radius 1 is 1.18 bits per heavy atom. The lowest BCUT2D eigenvalue weighted by Crippen LogP contribution is -2.61. The van der Waals surface area contributed by atoms with Gasteiger partial charge >= 0.3 is 0 Å². The first-order chi connectivity index (χ1) is 8.09. The van der Waals surface area contributed by atoms with Gasteiger partial charge in [-0.15, -0.1) is 0 Å². The fourth-order valence-corrected chi connectivity index (χ4v) is 6.03. The van der Waals surface area contributed by atoms with E-state index in [1.807, 2.05) is 0 Å². The molecule has 4 rings (SSSR count). The topological polar surface area (TPSA) is 52.0 Å². The molecular formula is C15H28N2. The van der Waals surface area contributed by atoms with Crippen molar-refractivity contribution >= 4 is 0 Å². The molecule has 4 aliphatic carbocycles. The maximum absolute atomic E-state index is 6.66. The summed E-state index contributed by atoms with van der Waals surface area (Å²) in [6, 6.07) is 0. The van der Waals surface area contributed by atoms with Crippen LogP contribution in [0, 0.1) is 23.2 Å². The molecule has 4 bridgehead atoms. The van der Waals surface area contributed by atoms with Gasteiger partial charge in [-0.25, -0.2) is 0 Å². The summed E-state index contributed by atoms with van der Waals surface area (Å²) in [5.41, 5.74) is 13.3. The van der Waals surface area contributed by atoms with Crippen LogP contribution in [0.4, 0.5) is 0 Å². The third-order valence-electron chi connectivity index (χ3n) is 6.03. The molecule has 3 atom stereocenters. The SMILES string of the molecule is CCC(CCN)C12CC3CC(CC(N)(C3)C1)C2. The van der Waals surface area contributed by atoms with E-state index in [-0.39, 0.29) is 5.54 Å². The van der Waals surface area contributed by atoms with Crippen LogP contribution in [0.2, 0.25) is 0 Å². The molecule has 4 N–H and O–H groups in total. The molecule has 0 heterocycles.